The average Bonchev–Trinajstić information content (AvgIpc) is 1.29. The van der Waals surface area contributed by atoms with Gasteiger partial charge in [0.25, 0.3) is 0 Å². The molecule has 6 aromatic carbocycles. The largest absolute Gasteiger partial charge is 0.493 e. The smallest absolute Gasteiger partial charge is 0.420 e. The number of hydrogen-bond acceptors (Lipinski definition) is 9. The van der Waals surface area contributed by atoms with Gasteiger partial charge >= 0.3 is 24.7 Å². The number of carbonyl (C=O) groups is 3. The van der Waals surface area contributed by atoms with Crippen molar-refractivity contribution in [3.63, 3.8) is 0 Å². The zero-order chi connectivity index (χ0) is 67.3. The van der Waals surface area contributed by atoms with Gasteiger partial charge in [0.05, 0.1) is 62.3 Å². The van der Waals surface area contributed by atoms with Gasteiger partial charge < -0.3 is 27.5 Å². The number of ketones is 3. The van der Waals surface area contributed by atoms with Crippen LogP contribution in [-0.2, 0) is 44.0 Å². The average molecular weight is 1410 g/mol. The molecule has 0 saturated heterocycles. The summed E-state index contributed by atoms with van der Waals surface area (Å²) in [6.45, 7) is 11.1. The molecule has 0 fully saturated rings. The van der Waals surface area contributed by atoms with E-state index in [4.69, 9.17) is 27.5 Å². The maximum absolute atomic E-state index is 13.8. The van der Waals surface area contributed by atoms with Crippen LogP contribution in [0, 0.1) is 3.57 Å². The Hall–Kier alpha value is -7.76. The Labute approximate surface area is 536 Å². The van der Waals surface area contributed by atoms with E-state index in [2.05, 4.69) is 0 Å². The number of rotatable bonds is 24. The number of furan rings is 3. The van der Waals surface area contributed by atoms with Crippen molar-refractivity contribution in [2.45, 2.75) is 143 Å². The zero-order valence-corrected chi connectivity index (χ0v) is 53.3. The zero-order valence-electron chi connectivity index (χ0n) is 51.2. The van der Waals surface area contributed by atoms with Gasteiger partial charge in [-0.3, -0.25) is 14.4 Å². The highest BCUT2D eigenvalue weighted by Crippen LogP contribution is 2.47. The Balaban J connectivity index is 0.000000196. The van der Waals surface area contributed by atoms with Crippen molar-refractivity contribution in [1.82, 2.24) is 0 Å². The highest BCUT2D eigenvalue weighted by Gasteiger charge is 2.44. The summed E-state index contributed by atoms with van der Waals surface area (Å²) in [6, 6.07) is 27.3. The third kappa shape index (κ3) is 17.1. The van der Waals surface area contributed by atoms with Crippen molar-refractivity contribution in [2.24, 2.45) is 0 Å². The molecular formula is C70H67F12IO9. The van der Waals surface area contributed by atoms with Crippen LogP contribution in [0.3, 0.4) is 0 Å². The summed E-state index contributed by atoms with van der Waals surface area (Å²) >= 11 is 1.79. The minimum atomic E-state index is -5.16. The summed E-state index contributed by atoms with van der Waals surface area (Å²) in [7, 11) is 0. The molecule has 22 heteroatoms. The van der Waals surface area contributed by atoms with Gasteiger partial charge in [-0.1, -0.05) is 115 Å². The van der Waals surface area contributed by atoms with Crippen LogP contribution in [0.15, 0.2) is 129 Å². The molecule has 92 heavy (non-hydrogen) atoms. The van der Waals surface area contributed by atoms with Crippen LogP contribution in [0.4, 0.5) is 52.7 Å². The molecule has 0 spiro atoms. The SMILES string of the molecule is CCCCc1oc2ccccc2c1C(=O)c1cc(C(F)(F)F)c(OCCC)c(C(F)(F)F)c1.CCCCc1oc2ccccc2c1C(=O)c1cc(I)c(OCCC)c(C(F)(F)F)c1.CCCCc1oc2ccccc2c1C(=O)c1ccc(OCCC)c(C(F)(F)F)c1. The lowest BCUT2D eigenvalue weighted by Gasteiger charge is -2.20. The predicted molar refractivity (Wildman–Crippen MR) is 334 cm³/mol. The number of carbonyl (C=O) groups excluding carboxylic acids is 3. The van der Waals surface area contributed by atoms with Crippen molar-refractivity contribution < 1.29 is 94.5 Å². The van der Waals surface area contributed by atoms with Gasteiger partial charge in [-0.25, -0.2) is 0 Å². The van der Waals surface area contributed by atoms with Crippen LogP contribution in [0.1, 0.15) is 187 Å². The van der Waals surface area contributed by atoms with Gasteiger partial charge in [0.2, 0.25) is 0 Å². The first-order chi connectivity index (χ1) is 43.6. The van der Waals surface area contributed by atoms with Gasteiger partial charge in [0.1, 0.15) is 51.3 Å². The number of aryl methyl sites for hydroxylation is 3. The van der Waals surface area contributed by atoms with Gasteiger partial charge in [-0.15, -0.1) is 0 Å². The first kappa shape index (κ1) is 71.7. The van der Waals surface area contributed by atoms with E-state index in [9.17, 15) is 67.1 Å². The van der Waals surface area contributed by atoms with Crippen molar-refractivity contribution in [1.29, 1.82) is 0 Å². The summed E-state index contributed by atoms with van der Waals surface area (Å²) in [6.07, 6.45) is -12.0. The molecule has 9 nitrogen and oxygen atoms in total. The third-order valence-electron chi connectivity index (χ3n) is 14.4. The van der Waals surface area contributed by atoms with Crippen molar-refractivity contribution in [3.8, 4) is 17.2 Å². The number of benzene rings is 6. The number of unbranched alkanes of at least 4 members (excludes halogenated alkanes) is 3. The maximum atomic E-state index is 13.8. The Morgan fingerprint density at radius 1 is 0.380 bits per heavy atom. The fourth-order valence-electron chi connectivity index (χ4n) is 10.1. The topological polar surface area (TPSA) is 118 Å². The number of ether oxygens (including phenoxy) is 3. The molecule has 0 bridgehead atoms. The summed E-state index contributed by atoms with van der Waals surface area (Å²) in [4.78, 5) is 40.0. The van der Waals surface area contributed by atoms with Crippen LogP contribution in [-0.4, -0.2) is 37.2 Å². The molecule has 0 aliphatic heterocycles. The maximum Gasteiger partial charge on any atom is 0.420 e. The van der Waals surface area contributed by atoms with Gasteiger partial charge in [-0.2, -0.15) is 52.7 Å². The van der Waals surface area contributed by atoms with E-state index < -0.39 is 75.6 Å². The van der Waals surface area contributed by atoms with Crippen molar-refractivity contribution >= 4 is 72.8 Å². The number of hydrogen-bond donors (Lipinski definition) is 0. The van der Waals surface area contributed by atoms with E-state index in [1.807, 2.05) is 34.6 Å². The van der Waals surface area contributed by atoms with Gasteiger partial charge in [-0.05, 0) is 122 Å². The highest BCUT2D eigenvalue weighted by molar-refractivity contribution is 14.1. The molecule has 0 radical (unpaired) electrons. The number of halogens is 13. The second kappa shape index (κ2) is 31.2. The van der Waals surface area contributed by atoms with Gasteiger partial charge in [0.15, 0.2) is 17.3 Å². The first-order valence-electron chi connectivity index (χ1n) is 30.1. The molecule has 0 unspecified atom stereocenters. The third-order valence-corrected chi connectivity index (χ3v) is 15.2. The van der Waals surface area contributed by atoms with E-state index in [0.717, 1.165) is 44.2 Å². The summed E-state index contributed by atoms with van der Waals surface area (Å²) in [5, 5.41) is 1.56. The minimum absolute atomic E-state index is 0.0254. The van der Waals surface area contributed by atoms with Crippen LogP contribution in [0.25, 0.3) is 32.9 Å². The van der Waals surface area contributed by atoms with E-state index in [-0.39, 0.29) is 63.8 Å². The predicted octanol–water partition coefficient (Wildman–Crippen LogP) is 22.1. The van der Waals surface area contributed by atoms with E-state index in [1.54, 1.807) is 102 Å². The van der Waals surface area contributed by atoms with E-state index >= 15 is 0 Å². The molecule has 0 saturated carbocycles. The Bertz CT molecular complexity index is 3980. The fraction of sp³-hybridized carbons (Fsp3) is 0.357. The first-order valence-corrected chi connectivity index (χ1v) is 31.2. The molecule has 0 aliphatic rings. The Morgan fingerprint density at radius 2 is 0.696 bits per heavy atom. The van der Waals surface area contributed by atoms with Crippen molar-refractivity contribution in [2.75, 3.05) is 19.8 Å². The van der Waals surface area contributed by atoms with Crippen LogP contribution < -0.4 is 14.2 Å². The molecule has 0 atom stereocenters. The molecule has 9 rings (SSSR count). The Kier molecular flexibility index (Phi) is 24.3. The second-order valence-electron chi connectivity index (χ2n) is 21.5. The minimum Gasteiger partial charge on any atom is -0.493 e. The molecular weight excluding hydrogens is 1340 g/mol. The van der Waals surface area contributed by atoms with Crippen LogP contribution in [0.2, 0.25) is 0 Å². The van der Waals surface area contributed by atoms with E-state index in [0.29, 0.717) is 106 Å². The van der Waals surface area contributed by atoms with Gasteiger partial charge in [0, 0.05) is 52.1 Å². The number of para-hydroxylation sites is 3. The molecule has 3 aromatic heterocycles. The quantitative estimate of drug-likeness (QED) is 0.0331. The molecule has 0 amide bonds. The molecule has 492 valence electrons. The molecule has 9 aromatic rings. The summed E-state index contributed by atoms with van der Waals surface area (Å²) in [5.74, 6) is -2.48. The molecule has 0 N–H and O–H groups in total. The van der Waals surface area contributed by atoms with Crippen molar-refractivity contribution in [3.05, 3.63) is 192 Å². The summed E-state index contributed by atoms with van der Waals surface area (Å²) < 4.78 is 198. The second-order valence-corrected chi connectivity index (χ2v) is 22.6. The Morgan fingerprint density at radius 3 is 1.05 bits per heavy atom. The summed E-state index contributed by atoms with van der Waals surface area (Å²) in [5.41, 5.74) is -3.86. The van der Waals surface area contributed by atoms with Crippen LogP contribution in [0.5, 0.6) is 17.2 Å². The lowest BCUT2D eigenvalue weighted by atomic mass is 9.94. The molecule has 3 heterocycles. The van der Waals surface area contributed by atoms with E-state index in [1.165, 1.54) is 18.2 Å². The molecule has 0 aliphatic carbocycles. The fourth-order valence-corrected chi connectivity index (χ4v) is 10.8. The lowest BCUT2D eigenvalue weighted by Crippen LogP contribution is -2.18. The normalized spacial score (nSPS) is 12.0. The number of fused-ring (bicyclic) bond motifs is 3. The highest BCUT2D eigenvalue weighted by atomic mass is 127. The standard InChI is InChI=1S/C24H22F6O3.C23H22F3IO3.C23H23F3O3/c1-3-5-9-19-20(15-8-6-7-10-18(15)33-19)21(31)14-12-16(23(25,26)27)22(32-11-4-2)17(13-14)24(28,29)30;1-3-5-9-19-20(15-8-6-7-10-18(15)30-19)21(28)14-12-16(23(24,25)26)22(17(27)13-14)29-11-4-2;1-3-5-9-20-21(16-8-6-7-10-18(16)29-20)22(27)15-11-12-19(28-13-4-2)17(14-15)23(24,25)26/h6-8,10,12-13H,3-5,9,11H2,1-2H3;6-8,10,12-13H,3-5,9,11H2,1-2H3;6-8,10-12,14H,3-5,9,13H2,1-2H3. The monoisotopic (exact) mass is 1410 g/mol. The number of alkyl halides is 12. The van der Waals surface area contributed by atoms with Crippen LogP contribution >= 0.6 is 22.6 Å². The lowest BCUT2D eigenvalue weighted by molar-refractivity contribution is -0.146.